The van der Waals surface area contributed by atoms with E-state index in [1.807, 2.05) is 6.07 Å². The maximum Gasteiger partial charge on any atom is 0.0435 e. The van der Waals surface area contributed by atoms with Crippen LogP contribution in [0.15, 0.2) is 60.7 Å². The molecule has 1 aliphatic rings. The van der Waals surface area contributed by atoms with Gasteiger partial charge in [0, 0.05) is 24.5 Å². The molecule has 0 aliphatic carbocycles. The van der Waals surface area contributed by atoms with Crippen LogP contribution in [-0.4, -0.2) is 6.54 Å². The molecule has 0 amide bonds. The molecule has 0 spiro atoms. The number of benzene rings is 3. The fourth-order valence-electron chi connectivity index (χ4n) is 3.29. The summed E-state index contributed by atoms with van der Waals surface area (Å²) < 4.78 is 0. The van der Waals surface area contributed by atoms with Crippen LogP contribution in [0.1, 0.15) is 11.1 Å². The molecule has 0 atom stereocenters. The lowest BCUT2D eigenvalue weighted by molar-refractivity contribution is 0.840. The van der Waals surface area contributed by atoms with Crippen molar-refractivity contribution in [2.24, 2.45) is 0 Å². The summed E-state index contributed by atoms with van der Waals surface area (Å²) in [5.74, 6) is 0. The Balaban J connectivity index is 1.71. The highest BCUT2D eigenvalue weighted by molar-refractivity contribution is 5.86. The van der Waals surface area contributed by atoms with Crippen LogP contribution in [0.25, 0.3) is 10.8 Å². The van der Waals surface area contributed by atoms with Crippen molar-refractivity contribution in [3.63, 3.8) is 0 Å². The number of nitrogens with two attached hydrogens (primary N) is 1. The molecular formula is C19H18N2. The van der Waals surface area contributed by atoms with Crippen LogP contribution in [0, 0.1) is 0 Å². The van der Waals surface area contributed by atoms with Crippen molar-refractivity contribution in [2.45, 2.75) is 13.0 Å². The van der Waals surface area contributed by atoms with Crippen molar-refractivity contribution < 1.29 is 0 Å². The minimum Gasteiger partial charge on any atom is -0.399 e. The minimum absolute atomic E-state index is 0.862. The van der Waals surface area contributed by atoms with E-state index in [0.29, 0.717) is 0 Å². The largest absolute Gasteiger partial charge is 0.399 e. The summed E-state index contributed by atoms with van der Waals surface area (Å²) in [6.07, 6.45) is 1.09. The molecule has 0 saturated heterocycles. The number of nitrogen functional groups attached to an aromatic ring is 1. The number of rotatable bonds is 2. The first-order chi connectivity index (χ1) is 10.3. The van der Waals surface area contributed by atoms with Gasteiger partial charge in [0.15, 0.2) is 0 Å². The number of hydrogen-bond acceptors (Lipinski definition) is 2. The molecule has 0 fully saturated rings. The van der Waals surface area contributed by atoms with Crippen molar-refractivity contribution in [1.82, 2.24) is 0 Å². The molecule has 21 heavy (non-hydrogen) atoms. The lowest BCUT2D eigenvalue weighted by atomic mass is 10.0. The van der Waals surface area contributed by atoms with Crippen LogP contribution in [0.2, 0.25) is 0 Å². The van der Waals surface area contributed by atoms with Gasteiger partial charge in [0.1, 0.15) is 0 Å². The third-order valence-electron chi connectivity index (χ3n) is 4.34. The van der Waals surface area contributed by atoms with Gasteiger partial charge >= 0.3 is 0 Å². The first kappa shape index (κ1) is 12.3. The fraction of sp³-hybridized carbons (Fsp3) is 0.158. The Kier molecular flexibility index (Phi) is 2.81. The second-order valence-corrected chi connectivity index (χ2v) is 5.70. The molecule has 0 radical (unpaired) electrons. The molecule has 2 nitrogen and oxygen atoms in total. The Morgan fingerprint density at radius 2 is 1.81 bits per heavy atom. The van der Waals surface area contributed by atoms with E-state index >= 15 is 0 Å². The van der Waals surface area contributed by atoms with Crippen LogP contribution < -0.4 is 10.6 Å². The van der Waals surface area contributed by atoms with Crippen molar-refractivity contribution in [2.75, 3.05) is 17.2 Å². The molecule has 1 aliphatic heterocycles. The summed E-state index contributed by atoms with van der Waals surface area (Å²) in [6.45, 7) is 2.03. The Morgan fingerprint density at radius 3 is 2.76 bits per heavy atom. The van der Waals surface area contributed by atoms with Crippen molar-refractivity contribution >= 4 is 22.1 Å². The quantitative estimate of drug-likeness (QED) is 0.716. The Bertz CT molecular complexity index is 802. The molecule has 0 aromatic heterocycles. The third kappa shape index (κ3) is 2.13. The Hall–Kier alpha value is -2.48. The summed E-state index contributed by atoms with van der Waals surface area (Å²) >= 11 is 0. The number of fused-ring (bicyclic) bond motifs is 2. The predicted octanol–water partition coefficient (Wildman–Crippen LogP) is 3.98. The third-order valence-corrected chi connectivity index (χ3v) is 4.34. The SMILES string of the molecule is Nc1ccc2c(c1)CCN2Cc1cccc2ccccc12. The van der Waals surface area contributed by atoms with Gasteiger partial charge in [-0.25, -0.2) is 0 Å². The van der Waals surface area contributed by atoms with Gasteiger partial charge in [-0.05, 0) is 46.5 Å². The Labute approximate surface area is 124 Å². The van der Waals surface area contributed by atoms with Crippen molar-refractivity contribution in [3.8, 4) is 0 Å². The standard InChI is InChI=1S/C19H18N2/c20-17-8-9-19-15(12-17)10-11-21(19)13-16-6-3-5-14-4-1-2-7-18(14)16/h1-9,12H,10-11,13,20H2. The van der Waals surface area contributed by atoms with Crippen LogP contribution in [0.5, 0.6) is 0 Å². The van der Waals surface area contributed by atoms with Crippen LogP contribution in [0.3, 0.4) is 0 Å². The van der Waals surface area contributed by atoms with Crippen LogP contribution >= 0.6 is 0 Å². The minimum atomic E-state index is 0.862. The van der Waals surface area contributed by atoms with E-state index < -0.39 is 0 Å². The summed E-state index contributed by atoms with van der Waals surface area (Å²) in [4.78, 5) is 2.45. The zero-order valence-electron chi connectivity index (χ0n) is 11.9. The average Bonchev–Trinajstić information content (AvgIpc) is 2.90. The van der Waals surface area contributed by atoms with E-state index in [0.717, 1.165) is 25.2 Å². The van der Waals surface area contributed by atoms with Gasteiger partial charge in [-0.3, -0.25) is 0 Å². The predicted molar refractivity (Wildman–Crippen MR) is 89.6 cm³/mol. The summed E-state index contributed by atoms with van der Waals surface area (Å²) in [5.41, 5.74) is 10.8. The van der Waals surface area contributed by atoms with E-state index in [1.54, 1.807) is 0 Å². The van der Waals surface area contributed by atoms with Crippen LogP contribution in [0.4, 0.5) is 11.4 Å². The molecule has 3 aromatic rings. The molecule has 2 heteroatoms. The summed E-state index contributed by atoms with van der Waals surface area (Å²) in [5, 5.41) is 2.66. The first-order valence-electron chi connectivity index (χ1n) is 7.41. The number of nitrogens with zero attached hydrogens (tertiary/aromatic N) is 1. The van der Waals surface area contributed by atoms with Gasteiger partial charge in [0.25, 0.3) is 0 Å². The number of hydrogen-bond donors (Lipinski definition) is 1. The molecule has 0 bridgehead atoms. The highest BCUT2D eigenvalue weighted by Crippen LogP contribution is 2.32. The van der Waals surface area contributed by atoms with Gasteiger partial charge in [-0.2, -0.15) is 0 Å². The molecule has 0 saturated carbocycles. The van der Waals surface area contributed by atoms with E-state index in [1.165, 1.54) is 27.6 Å². The maximum atomic E-state index is 5.88. The van der Waals surface area contributed by atoms with Gasteiger partial charge in [0.2, 0.25) is 0 Å². The zero-order chi connectivity index (χ0) is 14.2. The Morgan fingerprint density at radius 1 is 0.952 bits per heavy atom. The molecule has 2 N–H and O–H groups in total. The lowest BCUT2D eigenvalue weighted by Gasteiger charge is -2.20. The second-order valence-electron chi connectivity index (χ2n) is 5.70. The highest BCUT2D eigenvalue weighted by atomic mass is 15.1. The smallest absolute Gasteiger partial charge is 0.0435 e. The van der Waals surface area contributed by atoms with Gasteiger partial charge in [-0.15, -0.1) is 0 Å². The van der Waals surface area contributed by atoms with E-state index in [9.17, 15) is 0 Å². The fourth-order valence-corrected chi connectivity index (χ4v) is 3.29. The molecule has 3 aromatic carbocycles. The van der Waals surface area contributed by atoms with Crippen LogP contribution in [-0.2, 0) is 13.0 Å². The van der Waals surface area contributed by atoms with E-state index in [2.05, 4.69) is 59.5 Å². The monoisotopic (exact) mass is 274 g/mol. The van der Waals surface area contributed by atoms with E-state index in [-0.39, 0.29) is 0 Å². The molecule has 4 rings (SSSR count). The summed E-state index contributed by atoms with van der Waals surface area (Å²) in [7, 11) is 0. The molecule has 104 valence electrons. The molecule has 1 heterocycles. The van der Waals surface area contributed by atoms with Gasteiger partial charge in [-0.1, -0.05) is 42.5 Å². The van der Waals surface area contributed by atoms with Gasteiger partial charge in [0.05, 0.1) is 0 Å². The first-order valence-corrected chi connectivity index (χ1v) is 7.41. The topological polar surface area (TPSA) is 29.3 Å². The molecular weight excluding hydrogens is 256 g/mol. The van der Waals surface area contributed by atoms with Crippen molar-refractivity contribution in [3.05, 3.63) is 71.8 Å². The normalized spacial score (nSPS) is 13.6. The number of anilines is 2. The average molecular weight is 274 g/mol. The second kappa shape index (κ2) is 4.81. The maximum absolute atomic E-state index is 5.88. The van der Waals surface area contributed by atoms with E-state index in [4.69, 9.17) is 5.73 Å². The highest BCUT2D eigenvalue weighted by Gasteiger charge is 2.19. The summed E-state index contributed by atoms with van der Waals surface area (Å²) in [6, 6.07) is 21.4. The van der Waals surface area contributed by atoms with Gasteiger partial charge < -0.3 is 10.6 Å². The van der Waals surface area contributed by atoms with Crippen molar-refractivity contribution in [1.29, 1.82) is 0 Å². The molecule has 0 unspecified atom stereocenters. The lowest BCUT2D eigenvalue weighted by Crippen LogP contribution is -2.19. The zero-order valence-corrected chi connectivity index (χ0v) is 11.9.